The summed E-state index contributed by atoms with van der Waals surface area (Å²) in [6, 6.07) is 7.50. The molecule has 1 aromatic heterocycles. The lowest BCUT2D eigenvalue weighted by Crippen LogP contribution is -2.26. The number of aromatic amines is 1. The van der Waals surface area contributed by atoms with Gasteiger partial charge < -0.3 is 11.1 Å². The number of anilines is 1. The molecule has 0 radical (unpaired) electrons. The Hall–Kier alpha value is -1.86. The molecule has 0 fully saturated rings. The highest BCUT2D eigenvalue weighted by Crippen LogP contribution is 2.25. The van der Waals surface area contributed by atoms with E-state index in [0.717, 1.165) is 28.6 Å². The third-order valence-electron chi connectivity index (χ3n) is 2.85. The smallest absolute Gasteiger partial charge is 0.225 e. The molecule has 6 nitrogen and oxygen atoms in total. The maximum atomic E-state index is 11.8. The number of carbonyl (C=O) groups excluding carboxylic acids is 1. The maximum absolute atomic E-state index is 11.8. The summed E-state index contributed by atoms with van der Waals surface area (Å²) in [4.78, 5) is 16.9. The lowest BCUT2D eigenvalue weighted by molar-refractivity contribution is -0.116. The van der Waals surface area contributed by atoms with Crippen LogP contribution in [0.4, 0.5) is 5.69 Å². The first-order valence-electron chi connectivity index (χ1n) is 6.86. The van der Waals surface area contributed by atoms with E-state index < -0.39 is 0 Å². The molecule has 2 rings (SSSR count). The molecule has 21 heavy (non-hydrogen) atoms. The molecule has 7 heteroatoms. The second-order valence-corrected chi connectivity index (χ2v) is 5.78. The van der Waals surface area contributed by atoms with Crippen LogP contribution >= 0.6 is 11.8 Å². The zero-order chi connectivity index (χ0) is 15.1. The van der Waals surface area contributed by atoms with Gasteiger partial charge in [-0.3, -0.25) is 9.89 Å². The number of hydrogen-bond donors (Lipinski definition) is 3. The van der Waals surface area contributed by atoms with Crippen molar-refractivity contribution in [3.63, 3.8) is 0 Å². The third kappa shape index (κ3) is 5.20. The Labute approximate surface area is 127 Å². The second kappa shape index (κ2) is 7.80. The van der Waals surface area contributed by atoms with Gasteiger partial charge in [0.05, 0.1) is 0 Å². The molecule has 112 valence electrons. The van der Waals surface area contributed by atoms with Crippen LogP contribution < -0.4 is 11.1 Å². The van der Waals surface area contributed by atoms with E-state index in [0.29, 0.717) is 6.42 Å². The summed E-state index contributed by atoms with van der Waals surface area (Å²) >= 11 is 1.48. The largest absolute Gasteiger partial charge is 0.327 e. The Morgan fingerprint density at radius 2 is 2.19 bits per heavy atom. The van der Waals surface area contributed by atoms with Crippen molar-refractivity contribution in [3.05, 3.63) is 30.6 Å². The van der Waals surface area contributed by atoms with Crippen molar-refractivity contribution < 1.29 is 4.79 Å². The number of hydrogen-bond acceptors (Lipinski definition) is 5. The molecule has 0 bridgehead atoms. The van der Waals surface area contributed by atoms with Crippen molar-refractivity contribution in [3.8, 4) is 0 Å². The highest BCUT2D eigenvalue weighted by molar-refractivity contribution is 7.99. The first-order chi connectivity index (χ1) is 10.2. The molecule has 4 N–H and O–H groups in total. The molecular weight excluding hydrogens is 286 g/mol. The fourth-order valence-corrected chi connectivity index (χ4v) is 2.58. The van der Waals surface area contributed by atoms with Gasteiger partial charge in [-0.25, -0.2) is 4.98 Å². The van der Waals surface area contributed by atoms with Gasteiger partial charge in [0.15, 0.2) is 5.16 Å². The van der Waals surface area contributed by atoms with Crippen LogP contribution in [0.2, 0.25) is 0 Å². The van der Waals surface area contributed by atoms with Crippen LogP contribution in [0.25, 0.3) is 0 Å². The standard InChI is InChI=1S/C14H19N5OS/c1-2-3-10(15)8-13(20)18-11-4-6-12(7-5-11)21-14-16-9-17-19-14/h4-7,9-10H,2-3,8,15H2,1H3,(H,18,20)(H,16,17,19). The first kappa shape index (κ1) is 15.5. The number of nitrogens with zero attached hydrogens (tertiary/aromatic N) is 2. The van der Waals surface area contributed by atoms with E-state index in [4.69, 9.17) is 5.73 Å². The van der Waals surface area contributed by atoms with Gasteiger partial charge in [-0.2, -0.15) is 5.10 Å². The molecule has 0 aliphatic carbocycles. The first-order valence-corrected chi connectivity index (χ1v) is 7.67. The molecular formula is C14H19N5OS. The number of nitrogens with two attached hydrogens (primary N) is 1. The number of carbonyl (C=O) groups is 1. The average Bonchev–Trinajstić information content (AvgIpc) is 2.94. The summed E-state index contributed by atoms with van der Waals surface area (Å²) in [5.41, 5.74) is 6.63. The van der Waals surface area contributed by atoms with Crippen LogP contribution in [0, 0.1) is 0 Å². The van der Waals surface area contributed by atoms with Gasteiger partial charge in [0.25, 0.3) is 0 Å². The van der Waals surface area contributed by atoms with Gasteiger partial charge in [0, 0.05) is 23.0 Å². The maximum Gasteiger partial charge on any atom is 0.225 e. The predicted molar refractivity (Wildman–Crippen MR) is 83.1 cm³/mol. The number of aromatic nitrogens is 3. The summed E-state index contributed by atoms with van der Waals surface area (Å²) in [5.74, 6) is -0.0495. The molecule has 1 unspecified atom stereocenters. The Morgan fingerprint density at radius 1 is 1.43 bits per heavy atom. The van der Waals surface area contributed by atoms with Crippen molar-refractivity contribution in [2.75, 3.05) is 5.32 Å². The Morgan fingerprint density at radius 3 is 2.81 bits per heavy atom. The van der Waals surface area contributed by atoms with E-state index in [1.165, 1.54) is 18.1 Å². The highest BCUT2D eigenvalue weighted by Gasteiger charge is 2.09. The molecule has 0 saturated heterocycles. The van der Waals surface area contributed by atoms with Crippen molar-refractivity contribution in [2.24, 2.45) is 5.73 Å². The van der Waals surface area contributed by atoms with Crippen LogP contribution in [0.3, 0.4) is 0 Å². The van der Waals surface area contributed by atoms with Crippen LogP contribution in [0.15, 0.2) is 40.6 Å². The quantitative estimate of drug-likeness (QED) is 0.730. The van der Waals surface area contributed by atoms with Crippen molar-refractivity contribution >= 4 is 23.4 Å². The predicted octanol–water partition coefficient (Wildman–Crippen LogP) is 2.41. The van der Waals surface area contributed by atoms with Crippen LogP contribution in [-0.2, 0) is 4.79 Å². The number of benzene rings is 1. The second-order valence-electron chi connectivity index (χ2n) is 4.72. The molecule has 0 aliphatic rings. The lowest BCUT2D eigenvalue weighted by Gasteiger charge is -2.10. The normalized spacial score (nSPS) is 12.1. The summed E-state index contributed by atoms with van der Waals surface area (Å²) < 4.78 is 0. The van der Waals surface area contributed by atoms with E-state index in [2.05, 4.69) is 27.4 Å². The molecule has 1 aromatic carbocycles. The number of nitrogens with one attached hydrogen (secondary N) is 2. The molecule has 1 heterocycles. The summed E-state index contributed by atoms with van der Waals surface area (Å²) in [6.07, 6.45) is 3.67. The van der Waals surface area contributed by atoms with Gasteiger partial charge in [0.1, 0.15) is 6.33 Å². The summed E-state index contributed by atoms with van der Waals surface area (Å²) in [5, 5.41) is 10.2. The molecule has 2 aromatic rings. The van der Waals surface area contributed by atoms with Crippen LogP contribution in [0.1, 0.15) is 26.2 Å². The lowest BCUT2D eigenvalue weighted by atomic mass is 10.1. The minimum atomic E-state index is -0.0729. The molecule has 1 amide bonds. The fraction of sp³-hybridized carbons (Fsp3) is 0.357. The van der Waals surface area contributed by atoms with Gasteiger partial charge in [-0.15, -0.1) is 0 Å². The molecule has 0 aliphatic heterocycles. The minimum absolute atomic E-state index is 0.0495. The van der Waals surface area contributed by atoms with Gasteiger partial charge in [-0.05, 0) is 30.7 Å². The number of rotatable bonds is 7. The summed E-state index contributed by atoms with van der Waals surface area (Å²) in [7, 11) is 0. The summed E-state index contributed by atoms with van der Waals surface area (Å²) in [6.45, 7) is 2.06. The average molecular weight is 305 g/mol. The van der Waals surface area contributed by atoms with Crippen molar-refractivity contribution in [1.82, 2.24) is 15.2 Å². The fourth-order valence-electron chi connectivity index (χ4n) is 1.88. The number of H-pyrrole nitrogens is 1. The monoisotopic (exact) mass is 305 g/mol. The SMILES string of the molecule is CCCC(N)CC(=O)Nc1ccc(Sc2ncn[nH]2)cc1. The van der Waals surface area contributed by atoms with Gasteiger partial charge >= 0.3 is 0 Å². The van der Waals surface area contributed by atoms with Gasteiger partial charge in [0.2, 0.25) is 5.91 Å². The van der Waals surface area contributed by atoms with E-state index in [9.17, 15) is 4.79 Å². The Bertz CT molecular complexity index is 555. The Balaban J connectivity index is 1.86. The molecule has 0 saturated carbocycles. The van der Waals surface area contributed by atoms with Crippen LogP contribution in [0.5, 0.6) is 0 Å². The van der Waals surface area contributed by atoms with Crippen molar-refractivity contribution in [1.29, 1.82) is 0 Å². The highest BCUT2D eigenvalue weighted by atomic mass is 32.2. The Kier molecular flexibility index (Phi) is 5.77. The van der Waals surface area contributed by atoms with E-state index in [1.54, 1.807) is 0 Å². The van der Waals surface area contributed by atoms with E-state index in [-0.39, 0.29) is 11.9 Å². The van der Waals surface area contributed by atoms with Gasteiger partial charge in [-0.1, -0.05) is 25.1 Å². The van der Waals surface area contributed by atoms with E-state index >= 15 is 0 Å². The molecule has 1 atom stereocenters. The van der Waals surface area contributed by atoms with E-state index in [1.807, 2.05) is 24.3 Å². The van der Waals surface area contributed by atoms with Crippen LogP contribution in [-0.4, -0.2) is 27.1 Å². The van der Waals surface area contributed by atoms with Crippen molar-refractivity contribution in [2.45, 2.75) is 42.3 Å². The zero-order valence-electron chi connectivity index (χ0n) is 11.9. The third-order valence-corrected chi connectivity index (χ3v) is 3.75. The minimum Gasteiger partial charge on any atom is -0.327 e. The zero-order valence-corrected chi connectivity index (χ0v) is 12.7. The topological polar surface area (TPSA) is 96.7 Å². The molecule has 0 spiro atoms. The number of amides is 1.